The number of nitrogens with one attached hydrogen (secondary N) is 1. The number of thiazole rings is 1. The molecule has 1 saturated heterocycles. The number of methoxy groups -OCH3 is 1. The number of nitrogens with zero attached hydrogens (tertiary/aromatic N) is 4. The van der Waals surface area contributed by atoms with Gasteiger partial charge in [-0.05, 0) is 25.0 Å². The van der Waals surface area contributed by atoms with Crippen molar-refractivity contribution in [2.24, 2.45) is 4.99 Å². The van der Waals surface area contributed by atoms with Crippen molar-refractivity contribution in [3.63, 3.8) is 0 Å². The number of ether oxygens (including phenoxy) is 1. The van der Waals surface area contributed by atoms with E-state index < -0.39 is 11.2 Å². The van der Waals surface area contributed by atoms with Gasteiger partial charge in [0.2, 0.25) is 5.01 Å². The Morgan fingerprint density at radius 3 is 2.71 bits per heavy atom. The van der Waals surface area contributed by atoms with Crippen molar-refractivity contribution in [3.05, 3.63) is 35.0 Å². The summed E-state index contributed by atoms with van der Waals surface area (Å²) in [5, 5.41) is 11.8. The first-order valence-electron chi connectivity index (χ1n) is 10.5. The molecule has 0 saturated carbocycles. The Kier molecular flexibility index (Phi) is 10.4. The van der Waals surface area contributed by atoms with E-state index in [-0.39, 0.29) is 43.2 Å². The highest BCUT2D eigenvalue weighted by Crippen LogP contribution is 2.42. The van der Waals surface area contributed by atoms with Crippen LogP contribution in [0.4, 0.5) is 29.5 Å². The smallest absolute Gasteiger partial charge is 0.396 e. The average molecular weight is 542 g/mol. The maximum absolute atomic E-state index is 13.4. The van der Waals surface area contributed by atoms with Crippen molar-refractivity contribution >= 4 is 58.4 Å². The molecule has 1 atom stereocenters. The molecule has 0 spiro atoms. The van der Waals surface area contributed by atoms with E-state index in [1.54, 1.807) is 13.2 Å². The van der Waals surface area contributed by atoms with E-state index in [9.17, 15) is 18.3 Å². The van der Waals surface area contributed by atoms with Gasteiger partial charge in [-0.15, -0.1) is 24.8 Å². The second kappa shape index (κ2) is 12.4. The van der Waals surface area contributed by atoms with Crippen LogP contribution in [0.1, 0.15) is 23.5 Å². The Labute approximate surface area is 212 Å². The molecule has 1 aromatic carbocycles. The summed E-state index contributed by atoms with van der Waals surface area (Å²) < 4.78 is 45.6. The van der Waals surface area contributed by atoms with Crippen LogP contribution >= 0.6 is 36.2 Å². The van der Waals surface area contributed by atoms with Gasteiger partial charge >= 0.3 is 6.18 Å². The highest BCUT2D eigenvalue weighted by atomic mass is 35.5. The summed E-state index contributed by atoms with van der Waals surface area (Å²) in [5.41, 5.74) is 1.55. The van der Waals surface area contributed by atoms with Crippen molar-refractivity contribution in [1.82, 2.24) is 14.8 Å². The van der Waals surface area contributed by atoms with E-state index >= 15 is 0 Å². The number of amidine groups is 1. The van der Waals surface area contributed by atoms with Crippen molar-refractivity contribution in [1.29, 1.82) is 0 Å². The third kappa shape index (κ3) is 6.32. The van der Waals surface area contributed by atoms with Gasteiger partial charge in [0.05, 0.1) is 11.4 Å². The molecule has 13 heteroatoms. The number of aliphatic hydroxyl groups is 1. The third-order valence-electron chi connectivity index (χ3n) is 5.62. The minimum Gasteiger partial charge on any atom is -0.396 e. The average Bonchev–Trinajstić information content (AvgIpc) is 3.13. The summed E-state index contributed by atoms with van der Waals surface area (Å²) in [4.78, 5) is 13.1. The molecular formula is C21H28Cl2F3N5O2S. The van der Waals surface area contributed by atoms with Gasteiger partial charge in [-0.25, -0.2) is 9.98 Å². The number of hydrogen-bond acceptors (Lipinski definition) is 8. The fourth-order valence-corrected chi connectivity index (χ4v) is 4.89. The molecule has 1 aromatic heterocycles. The Bertz CT molecular complexity index is 976. The molecule has 0 radical (unpaired) electrons. The van der Waals surface area contributed by atoms with Gasteiger partial charge < -0.3 is 20.1 Å². The Morgan fingerprint density at radius 2 is 2.00 bits per heavy atom. The fourth-order valence-electron chi connectivity index (χ4n) is 4.05. The van der Waals surface area contributed by atoms with E-state index in [0.717, 1.165) is 13.0 Å². The predicted molar refractivity (Wildman–Crippen MR) is 133 cm³/mol. The molecule has 4 rings (SSSR count). The number of hydrogen-bond donors (Lipinski definition) is 2. The number of aliphatic hydroxyl groups excluding tert-OH is 1. The lowest BCUT2D eigenvalue weighted by Crippen LogP contribution is -2.55. The van der Waals surface area contributed by atoms with Gasteiger partial charge in [0.25, 0.3) is 0 Å². The number of alkyl halides is 3. The zero-order valence-corrected chi connectivity index (χ0v) is 21.0. The minimum absolute atomic E-state index is 0. The van der Waals surface area contributed by atoms with Gasteiger partial charge in [0.15, 0.2) is 5.84 Å². The van der Waals surface area contributed by atoms with Crippen LogP contribution in [-0.2, 0) is 10.9 Å². The topological polar surface area (TPSA) is 73.2 Å². The molecule has 1 fully saturated rings. The number of aliphatic imine (C=N–C) groups is 1. The molecule has 7 nitrogen and oxygen atoms in total. The maximum Gasteiger partial charge on any atom is 0.443 e. The number of halogens is 5. The van der Waals surface area contributed by atoms with Gasteiger partial charge in [-0.2, -0.15) is 13.2 Å². The van der Waals surface area contributed by atoms with Gasteiger partial charge in [-0.3, -0.25) is 4.90 Å². The van der Waals surface area contributed by atoms with Gasteiger partial charge in [-0.1, -0.05) is 23.5 Å². The molecule has 0 amide bonds. The highest BCUT2D eigenvalue weighted by molar-refractivity contribution is 7.16. The number of anilines is 2. The molecular weight excluding hydrogens is 514 g/mol. The Morgan fingerprint density at radius 1 is 1.24 bits per heavy atom. The SMILES string of the molecule is COCC[C@H]1CN(C2=Nc3ccccc3Nc3sc(C(F)(F)F)nc32)CCN1CCCO.Cl.Cl. The zero-order valence-electron chi connectivity index (χ0n) is 18.5. The quantitative estimate of drug-likeness (QED) is 0.559. The zero-order chi connectivity index (χ0) is 22.7. The van der Waals surface area contributed by atoms with Crippen molar-refractivity contribution in [2.75, 3.05) is 51.8 Å². The Hall–Kier alpha value is -1.63. The lowest BCUT2D eigenvalue weighted by molar-refractivity contribution is -0.137. The summed E-state index contributed by atoms with van der Waals surface area (Å²) in [6.07, 6.45) is -3.07. The van der Waals surface area contributed by atoms with Crippen LogP contribution in [-0.4, -0.2) is 78.3 Å². The van der Waals surface area contributed by atoms with Crippen molar-refractivity contribution in [3.8, 4) is 0 Å². The lowest BCUT2D eigenvalue weighted by atomic mass is 10.1. The molecule has 3 heterocycles. The molecule has 0 unspecified atom stereocenters. The third-order valence-corrected chi connectivity index (χ3v) is 6.64. The van der Waals surface area contributed by atoms with E-state index in [4.69, 9.17) is 9.73 Å². The predicted octanol–water partition coefficient (Wildman–Crippen LogP) is 4.55. The van der Waals surface area contributed by atoms with Gasteiger partial charge in [0, 0.05) is 52.5 Å². The molecule has 2 aliphatic heterocycles. The molecule has 0 aliphatic carbocycles. The summed E-state index contributed by atoms with van der Waals surface area (Å²) >= 11 is 0.600. The first kappa shape index (κ1) is 28.6. The second-order valence-corrected chi connectivity index (χ2v) is 8.77. The number of rotatable bonds is 6. The van der Waals surface area contributed by atoms with Crippen molar-refractivity contribution in [2.45, 2.75) is 25.1 Å². The largest absolute Gasteiger partial charge is 0.443 e. The number of fused-ring (bicyclic) bond motifs is 2. The molecule has 0 bridgehead atoms. The first-order valence-corrected chi connectivity index (χ1v) is 11.3. The van der Waals surface area contributed by atoms with Crippen LogP contribution in [0.2, 0.25) is 0 Å². The monoisotopic (exact) mass is 541 g/mol. The van der Waals surface area contributed by atoms with Crippen LogP contribution in [0, 0.1) is 0 Å². The molecule has 190 valence electrons. The van der Waals surface area contributed by atoms with Crippen LogP contribution in [0.25, 0.3) is 0 Å². The van der Waals surface area contributed by atoms with E-state index in [1.807, 2.05) is 23.1 Å². The van der Waals surface area contributed by atoms with E-state index in [0.29, 0.717) is 66.2 Å². The normalized spacial score (nSPS) is 18.0. The minimum atomic E-state index is -4.52. The number of para-hydroxylation sites is 2. The lowest BCUT2D eigenvalue weighted by Gasteiger charge is -2.42. The first-order chi connectivity index (χ1) is 15.4. The van der Waals surface area contributed by atoms with Crippen LogP contribution in [0.15, 0.2) is 29.3 Å². The maximum atomic E-state index is 13.4. The van der Waals surface area contributed by atoms with E-state index in [1.165, 1.54) is 0 Å². The van der Waals surface area contributed by atoms with E-state index in [2.05, 4.69) is 15.2 Å². The summed E-state index contributed by atoms with van der Waals surface area (Å²) in [5.74, 6) is 0.452. The standard InChI is InChI=1S/C21H26F3N5O2S.2ClH/c1-31-12-7-14-13-29(10-9-28(14)8-4-11-30)18-17-19(32-20(27-17)21(22,23)24)26-16-6-3-2-5-15(16)25-18;;/h2-3,5-6,14,26,30H,4,7-13H2,1H3;2*1H/t14-;;/m0../s1. The highest BCUT2D eigenvalue weighted by Gasteiger charge is 2.39. The molecule has 2 aromatic rings. The molecule has 2 aliphatic rings. The number of aromatic nitrogens is 1. The fraction of sp³-hybridized carbons (Fsp3) is 0.524. The number of piperazine rings is 1. The van der Waals surface area contributed by atoms with Crippen LogP contribution in [0.3, 0.4) is 0 Å². The van der Waals surface area contributed by atoms with Gasteiger partial charge in [0.1, 0.15) is 10.7 Å². The second-order valence-electron chi connectivity index (χ2n) is 7.77. The van der Waals surface area contributed by atoms with Crippen LogP contribution in [0.5, 0.6) is 0 Å². The van der Waals surface area contributed by atoms with Crippen LogP contribution < -0.4 is 5.32 Å². The Balaban J connectivity index is 0.00000204. The summed E-state index contributed by atoms with van der Waals surface area (Å²) in [6, 6.07) is 7.44. The summed E-state index contributed by atoms with van der Waals surface area (Å²) in [7, 11) is 1.65. The molecule has 34 heavy (non-hydrogen) atoms. The summed E-state index contributed by atoms with van der Waals surface area (Å²) in [6.45, 7) is 3.37. The number of benzene rings is 1. The van der Waals surface area contributed by atoms with Crippen molar-refractivity contribution < 1.29 is 23.0 Å². The molecule has 2 N–H and O–H groups in total.